The molecule has 0 aliphatic carbocycles. The molecule has 0 fully saturated rings. The Morgan fingerprint density at radius 1 is 1.47 bits per heavy atom. The topological polar surface area (TPSA) is 9.29 Å². The highest BCUT2D eigenvalue weighted by molar-refractivity contribution is 9.10. The van der Waals surface area contributed by atoms with Crippen LogP contribution in [-0.2, 0) is 13.5 Å². The van der Waals surface area contributed by atoms with E-state index in [4.69, 9.17) is 6.57 Å². The van der Waals surface area contributed by atoms with Crippen LogP contribution in [-0.4, -0.2) is 11.1 Å². The van der Waals surface area contributed by atoms with Crippen LogP contribution in [0.5, 0.6) is 0 Å². The number of para-hydroxylation sites is 1. The Morgan fingerprint density at radius 3 is 3.00 bits per heavy atom. The van der Waals surface area contributed by atoms with E-state index >= 15 is 0 Å². The molecular weight excluding hydrogens is 252 g/mol. The van der Waals surface area contributed by atoms with Gasteiger partial charge in [-0.1, -0.05) is 12.1 Å². The lowest BCUT2D eigenvalue weighted by molar-refractivity contribution is 0.948. The third-order valence-electron chi connectivity index (χ3n) is 2.53. The number of hydrogen-bond acceptors (Lipinski definition) is 0. The van der Waals surface area contributed by atoms with Crippen LogP contribution in [0.1, 0.15) is 5.56 Å². The summed E-state index contributed by atoms with van der Waals surface area (Å²) in [6, 6.07) is 6.19. The Balaban J connectivity index is 2.59. The molecule has 3 heteroatoms. The predicted octanol–water partition coefficient (Wildman–Crippen LogP) is 3.40. The molecule has 2 rings (SSSR count). The maximum Gasteiger partial charge on any atom is 0.218 e. The number of benzene rings is 1. The summed E-state index contributed by atoms with van der Waals surface area (Å²) in [5.74, 6) is 0. The van der Waals surface area contributed by atoms with Crippen molar-refractivity contribution in [3.05, 3.63) is 45.8 Å². The van der Waals surface area contributed by atoms with Crippen LogP contribution in [0.25, 0.3) is 15.7 Å². The summed E-state index contributed by atoms with van der Waals surface area (Å²) in [6.45, 7) is 7.38. The van der Waals surface area contributed by atoms with Crippen molar-refractivity contribution in [2.24, 2.45) is 7.05 Å². The van der Waals surface area contributed by atoms with Crippen molar-refractivity contribution in [1.29, 1.82) is 0 Å². The molecule has 0 saturated heterocycles. The fourth-order valence-corrected chi connectivity index (χ4v) is 2.52. The van der Waals surface area contributed by atoms with E-state index in [1.54, 1.807) is 0 Å². The molecule has 0 amide bonds. The molecule has 1 aromatic heterocycles. The van der Waals surface area contributed by atoms with Crippen molar-refractivity contribution in [2.45, 2.75) is 6.42 Å². The molecule has 1 heterocycles. The van der Waals surface area contributed by atoms with Crippen LogP contribution < -0.4 is 0 Å². The highest BCUT2D eigenvalue weighted by atomic mass is 79.9. The minimum Gasteiger partial charge on any atom is -0.349 e. The third kappa shape index (κ3) is 1.78. The first-order valence-electron chi connectivity index (χ1n) is 4.79. The van der Waals surface area contributed by atoms with E-state index in [1.807, 2.05) is 19.2 Å². The average Bonchev–Trinajstić information content (AvgIpc) is 2.54. The van der Waals surface area contributed by atoms with Crippen molar-refractivity contribution in [3.8, 4) is 0 Å². The van der Waals surface area contributed by atoms with Gasteiger partial charge in [0, 0.05) is 29.5 Å². The number of halogens is 1. The molecule has 15 heavy (non-hydrogen) atoms. The van der Waals surface area contributed by atoms with Gasteiger partial charge in [-0.3, -0.25) is 0 Å². The van der Waals surface area contributed by atoms with Crippen LogP contribution in [0, 0.1) is 6.57 Å². The first-order chi connectivity index (χ1) is 7.24. The van der Waals surface area contributed by atoms with E-state index in [0.29, 0.717) is 6.54 Å². The molecule has 0 N–H and O–H groups in total. The molecular formula is C12H11BrN2. The summed E-state index contributed by atoms with van der Waals surface area (Å²) < 4.78 is 3.22. The van der Waals surface area contributed by atoms with Crippen LogP contribution >= 0.6 is 15.9 Å². The van der Waals surface area contributed by atoms with E-state index in [0.717, 1.165) is 10.9 Å². The van der Waals surface area contributed by atoms with Crippen molar-refractivity contribution in [1.82, 2.24) is 4.57 Å². The zero-order valence-corrected chi connectivity index (χ0v) is 10.1. The molecule has 0 aliphatic heterocycles. The second-order valence-electron chi connectivity index (χ2n) is 3.53. The van der Waals surface area contributed by atoms with Crippen molar-refractivity contribution >= 4 is 26.8 Å². The molecule has 1 aromatic carbocycles. The van der Waals surface area contributed by atoms with Gasteiger partial charge in [0.1, 0.15) is 0 Å². The lowest BCUT2D eigenvalue weighted by Crippen LogP contribution is -1.85. The smallest absolute Gasteiger partial charge is 0.218 e. The normalized spacial score (nSPS) is 10.5. The van der Waals surface area contributed by atoms with Gasteiger partial charge in [0.2, 0.25) is 6.54 Å². The van der Waals surface area contributed by atoms with E-state index < -0.39 is 0 Å². The predicted molar refractivity (Wildman–Crippen MR) is 65.8 cm³/mol. The van der Waals surface area contributed by atoms with Crippen molar-refractivity contribution in [2.75, 3.05) is 6.54 Å². The first-order valence-corrected chi connectivity index (χ1v) is 5.59. The third-order valence-corrected chi connectivity index (χ3v) is 3.17. The maximum atomic E-state index is 6.82. The van der Waals surface area contributed by atoms with Gasteiger partial charge in [-0.15, -0.1) is 0 Å². The highest BCUT2D eigenvalue weighted by Crippen LogP contribution is 2.27. The van der Waals surface area contributed by atoms with Gasteiger partial charge < -0.3 is 9.41 Å². The lowest BCUT2D eigenvalue weighted by atomic mass is 10.1. The average molecular weight is 263 g/mol. The summed E-state index contributed by atoms with van der Waals surface area (Å²) in [5, 5.41) is 1.25. The van der Waals surface area contributed by atoms with E-state index in [-0.39, 0.29) is 0 Å². The molecule has 0 spiro atoms. The highest BCUT2D eigenvalue weighted by Gasteiger charge is 2.09. The number of fused-ring (bicyclic) bond motifs is 1. The quantitative estimate of drug-likeness (QED) is 0.734. The zero-order valence-electron chi connectivity index (χ0n) is 8.50. The van der Waals surface area contributed by atoms with E-state index in [9.17, 15) is 0 Å². The van der Waals surface area contributed by atoms with Crippen molar-refractivity contribution in [3.63, 3.8) is 0 Å². The Morgan fingerprint density at radius 2 is 2.27 bits per heavy atom. The second kappa shape index (κ2) is 4.08. The number of nitrogens with zero attached hydrogens (tertiary/aromatic N) is 2. The molecule has 0 radical (unpaired) electrons. The van der Waals surface area contributed by atoms with Gasteiger partial charge in [0.25, 0.3) is 0 Å². The van der Waals surface area contributed by atoms with Crippen LogP contribution in [0.2, 0.25) is 0 Å². The molecule has 2 nitrogen and oxygen atoms in total. The lowest BCUT2D eigenvalue weighted by Gasteiger charge is -1.98. The number of hydrogen-bond donors (Lipinski definition) is 0. The first kappa shape index (κ1) is 10.3. The second-order valence-corrected chi connectivity index (χ2v) is 4.39. The monoisotopic (exact) mass is 262 g/mol. The van der Waals surface area contributed by atoms with E-state index in [1.165, 1.54) is 16.5 Å². The molecule has 2 aromatic rings. The Kier molecular flexibility index (Phi) is 2.79. The molecule has 0 atom stereocenters. The van der Waals surface area contributed by atoms with Gasteiger partial charge >= 0.3 is 0 Å². The van der Waals surface area contributed by atoms with Gasteiger partial charge in [0.05, 0.1) is 5.52 Å². The molecule has 0 unspecified atom stereocenters. The Bertz CT molecular complexity index is 534. The van der Waals surface area contributed by atoms with Gasteiger partial charge in [-0.25, -0.2) is 6.57 Å². The number of rotatable bonds is 2. The summed E-state index contributed by atoms with van der Waals surface area (Å²) in [5.41, 5.74) is 2.46. The minimum atomic E-state index is 0.561. The number of aryl methyl sites for hydroxylation is 1. The molecule has 0 aliphatic rings. The van der Waals surface area contributed by atoms with Gasteiger partial charge in [0.15, 0.2) is 0 Å². The zero-order chi connectivity index (χ0) is 10.8. The summed E-state index contributed by atoms with van der Waals surface area (Å²) in [7, 11) is 2.04. The number of aromatic nitrogens is 1. The Hall–Kier alpha value is -1.27. The summed E-state index contributed by atoms with van der Waals surface area (Å²) in [6.07, 6.45) is 2.94. The largest absolute Gasteiger partial charge is 0.349 e. The van der Waals surface area contributed by atoms with Crippen LogP contribution in [0.4, 0.5) is 0 Å². The SMILES string of the molecule is [C-]#[N+]CCc1cn(C)c2c(Br)cccc12. The standard InChI is InChI=1S/C12H11BrN2/c1-14-7-6-9-8-15(2)12-10(9)4-3-5-11(12)13/h3-5,8H,6-7H2,2H3. The molecule has 0 saturated carbocycles. The van der Waals surface area contributed by atoms with Gasteiger partial charge in [-0.2, -0.15) is 0 Å². The van der Waals surface area contributed by atoms with Crippen LogP contribution in [0.15, 0.2) is 28.9 Å². The fraction of sp³-hybridized carbons (Fsp3) is 0.250. The fourth-order valence-electron chi connectivity index (χ4n) is 1.88. The summed E-state index contributed by atoms with van der Waals surface area (Å²) >= 11 is 3.55. The van der Waals surface area contributed by atoms with E-state index in [2.05, 4.69) is 37.6 Å². The summed E-state index contributed by atoms with van der Waals surface area (Å²) in [4.78, 5) is 3.40. The van der Waals surface area contributed by atoms with Crippen molar-refractivity contribution < 1.29 is 0 Å². The van der Waals surface area contributed by atoms with Gasteiger partial charge in [-0.05, 0) is 27.6 Å². The van der Waals surface area contributed by atoms with Crippen LogP contribution in [0.3, 0.4) is 0 Å². The maximum absolute atomic E-state index is 6.82. The minimum absolute atomic E-state index is 0.561. The molecule has 76 valence electrons. The molecule has 0 bridgehead atoms. The Labute approximate surface area is 97.5 Å².